The number of benzene rings is 1. The van der Waals surface area contributed by atoms with Crippen molar-refractivity contribution in [2.75, 3.05) is 5.75 Å². The molecule has 0 aliphatic carbocycles. The van der Waals surface area contributed by atoms with E-state index in [1.807, 2.05) is 20.8 Å². The molecule has 0 saturated heterocycles. The van der Waals surface area contributed by atoms with Crippen molar-refractivity contribution in [3.05, 3.63) is 24.3 Å². The van der Waals surface area contributed by atoms with E-state index in [1.54, 1.807) is 0 Å². The Morgan fingerprint density at radius 3 is 2.50 bits per heavy atom. The molecule has 11 heteroatoms. The number of nitrogens with zero attached hydrogens (tertiary/aromatic N) is 4. The number of halogens is 3. The molecular weight excluding hydrogens is 371 g/mol. The van der Waals surface area contributed by atoms with E-state index >= 15 is 0 Å². The van der Waals surface area contributed by atoms with Crippen molar-refractivity contribution < 1.29 is 22.7 Å². The molecule has 0 aliphatic rings. The lowest BCUT2D eigenvalue weighted by atomic mass is 10.0. The predicted molar refractivity (Wildman–Crippen MR) is 89.1 cm³/mol. The normalized spacial score (nSPS) is 12.1. The average molecular weight is 389 g/mol. The number of hydrogen-bond acceptors (Lipinski definition) is 6. The highest BCUT2D eigenvalue weighted by molar-refractivity contribution is 7.99. The van der Waals surface area contributed by atoms with E-state index in [4.69, 9.17) is 0 Å². The first-order chi connectivity index (χ1) is 12.1. The Hall–Kier alpha value is -2.30. The van der Waals surface area contributed by atoms with Crippen LogP contribution in [-0.2, 0) is 4.79 Å². The van der Waals surface area contributed by atoms with E-state index in [0.29, 0.717) is 10.8 Å². The zero-order chi connectivity index (χ0) is 19.4. The SMILES string of the molecule is CCC(C)(C)NC(=O)CSc1nnnn1-c1ccc(OC(F)(F)F)cc1. The van der Waals surface area contributed by atoms with Crippen LogP contribution in [0.25, 0.3) is 5.69 Å². The van der Waals surface area contributed by atoms with Gasteiger partial charge in [-0.15, -0.1) is 18.3 Å². The number of carbonyl (C=O) groups is 1. The second-order valence-electron chi connectivity index (χ2n) is 5.99. The third kappa shape index (κ3) is 5.90. The van der Waals surface area contributed by atoms with Crippen molar-refractivity contribution in [1.29, 1.82) is 0 Å². The lowest BCUT2D eigenvalue weighted by Crippen LogP contribution is -2.43. The molecule has 0 aliphatic heterocycles. The van der Waals surface area contributed by atoms with Gasteiger partial charge in [0.15, 0.2) is 0 Å². The Balaban J connectivity index is 2.03. The molecule has 26 heavy (non-hydrogen) atoms. The van der Waals surface area contributed by atoms with E-state index in [0.717, 1.165) is 30.3 Å². The largest absolute Gasteiger partial charge is 0.573 e. The predicted octanol–water partition coefficient (Wildman–Crippen LogP) is 2.96. The minimum Gasteiger partial charge on any atom is -0.406 e. The Bertz CT molecular complexity index is 746. The van der Waals surface area contributed by atoms with Gasteiger partial charge in [-0.05, 0) is 55.0 Å². The first kappa shape index (κ1) is 20.0. The van der Waals surface area contributed by atoms with E-state index in [9.17, 15) is 18.0 Å². The van der Waals surface area contributed by atoms with Crippen LogP contribution in [0.2, 0.25) is 0 Å². The third-order valence-electron chi connectivity index (χ3n) is 3.45. The molecule has 1 amide bonds. The zero-order valence-corrected chi connectivity index (χ0v) is 15.2. The van der Waals surface area contributed by atoms with Crippen molar-refractivity contribution in [2.45, 2.75) is 44.2 Å². The summed E-state index contributed by atoms with van der Waals surface area (Å²) in [4.78, 5) is 12.0. The van der Waals surface area contributed by atoms with Crippen molar-refractivity contribution >= 4 is 17.7 Å². The number of alkyl halides is 3. The Morgan fingerprint density at radius 1 is 1.27 bits per heavy atom. The average Bonchev–Trinajstić information content (AvgIpc) is 3.00. The Kier molecular flexibility index (Phi) is 6.11. The number of ether oxygens (including phenoxy) is 1. The van der Waals surface area contributed by atoms with Gasteiger partial charge < -0.3 is 10.1 Å². The van der Waals surface area contributed by atoms with Crippen LogP contribution in [0, 0.1) is 0 Å². The molecule has 7 nitrogen and oxygen atoms in total. The molecule has 0 atom stereocenters. The summed E-state index contributed by atoms with van der Waals surface area (Å²) in [5, 5.41) is 14.4. The maximum Gasteiger partial charge on any atom is 0.573 e. The minimum atomic E-state index is -4.75. The molecule has 2 aromatic rings. The van der Waals surface area contributed by atoms with Crippen molar-refractivity contribution in [2.24, 2.45) is 0 Å². The van der Waals surface area contributed by atoms with Crippen LogP contribution in [0.15, 0.2) is 29.4 Å². The van der Waals surface area contributed by atoms with Crippen LogP contribution in [0.5, 0.6) is 5.75 Å². The fourth-order valence-electron chi connectivity index (χ4n) is 1.85. The molecule has 0 fully saturated rings. The van der Waals surface area contributed by atoms with Gasteiger partial charge in [-0.1, -0.05) is 18.7 Å². The molecule has 1 aromatic heterocycles. The molecule has 0 unspecified atom stereocenters. The Labute approximate surface area is 152 Å². The topological polar surface area (TPSA) is 81.9 Å². The van der Waals surface area contributed by atoms with Gasteiger partial charge >= 0.3 is 6.36 Å². The summed E-state index contributed by atoms with van der Waals surface area (Å²) in [6.45, 7) is 5.81. The highest BCUT2D eigenvalue weighted by atomic mass is 32.2. The van der Waals surface area contributed by atoms with Crippen LogP contribution in [0.1, 0.15) is 27.2 Å². The van der Waals surface area contributed by atoms with Crippen LogP contribution < -0.4 is 10.1 Å². The lowest BCUT2D eigenvalue weighted by molar-refractivity contribution is -0.274. The van der Waals surface area contributed by atoms with Gasteiger partial charge in [-0.2, -0.15) is 4.68 Å². The van der Waals surface area contributed by atoms with Gasteiger partial charge in [-0.25, -0.2) is 0 Å². The standard InChI is InChI=1S/C15H18F3N5O2S/c1-4-14(2,3)19-12(24)9-26-13-20-21-22-23(13)10-5-7-11(8-6-10)25-15(16,17)18/h5-8H,4,9H2,1-3H3,(H,19,24). The van der Waals surface area contributed by atoms with Gasteiger partial charge in [0.25, 0.3) is 0 Å². The summed E-state index contributed by atoms with van der Waals surface area (Å²) < 4.78 is 41.7. The number of amides is 1. The monoisotopic (exact) mass is 389 g/mol. The van der Waals surface area contributed by atoms with Gasteiger partial charge in [-0.3, -0.25) is 4.79 Å². The minimum absolute atomic E-state index is 0.110. The quantitative estimate of drug-likeness (QED) is 0.734. The first-order valence-electron chi connectivity index (χ1n) is 7.68. The third-order valence-corrected chi connectivity index (χ3v) is 4.37. The highest BCUT2D eigenvalue weighted by Crippen LogP contribution is 2.25. The number of rotatable bonds is 7. The second-order valence-corrected chi connectivity index (χ2v) is 6.93. The van der Waals surface area contributed by atoms with Crippen LogP contribution in [0.3, 0.4) is 0 Å². The van der Waals surface area contributed by atoms with Crippen molar-refractivity contribution in [1.82, 2.24) is 25.5 Å². The molecule has 1 aromatic carbocycles. The molecule has 1 heterocycles. The molecule has 2 rings (SSSR count). The van der Waals surface area contributed by atoms with Gasteiger partial charge in [0.2, 0.25) is 11.1 Å². The maximum absolute atomic E-state index is 12.2. The van der Waals surface area contributed by atoms with E-state index in [1.165, 1.54) is 16.8 Å². The number of tetrazole rings is 1. The van der Waals surface area contributed by atoms with E-state index < -0.39 is 6.36 Å². The van der Waals surface area contributed by atoms with Crippen LogP contribution in [0.4, 0.5) is 13.2 Å². The van der Waals surface area contributed by atoms with Crippen LogP contribution >= 0.6 is 11.8 Å². The van der Waals surface area contributed by atoms with E-state index in [2.05, 4.69) is 25.6 Å². The fraction of sp³-hybridized carbons (Fsp3) is 0.467. The molecule has 1 N–H and O–H groups in total. The first-order valence-corrected chi connectivity index (χ1v) is 8.66. The number of carbonyl (C=O) groups excluding carboxylic acids is 1. The second kappa shape index (κ2) is 7.94. The highest BCUT2D eigenvalue weighted by Gasteiger charge is 2.31. The van der Waals surface area contributed by atoms with E-state index in [-0.39, 0.29) is 22.9 Å². The summed E-state index contributed by atoms with van der Waals surface area (Å²) in [6.07, 6.45) is -3.97. The number of nitrogens with one attached hydrogen (secondary N) is 1. The van der Waals surface area contributed by atoms with Gasteiger partial charge in [0.05, 0.1) is 11.4 Å². The Morgan fingerprint density at radius 2 is 1.92 bits per heavy atom. The number of thioether (sulfide) groups is 1. The molecule has 0 saturated carbocycles. The van der Waals surface area contributed by atoms with Crippen molar-refractivity contribution in [3.63, 3.8) is 0 Å². The van der Waals surface area contributed by atoms with Gasteiger partial charge in [0.1, 0.15) is 5.75 Å². The van der Waals surface area contributed by atoms with Crippen LogP contribution in [-0.4, -0.2) is 43.8 Å². The smallest absolute Gasteiger partial charge is 0.406 e. The maximum atomic E-state index is 12.2. The summed E-state index contributed by atoms with van der Waals surface area (Å²) in [5.41, 5.74) is 0.138. The van der Waals surface area contributed by atoms with Gasteiger partial charge in [0, 0.05) is 5.54 Å². The molecule has 0 bridgehead atoms. The number of aromatic nitrogens is 4. The zero-order valence-electron chi connectivity index (χ0n) is 14.4. The van der Waals surface area contributed by atoms with Crippen molar-refractivity contribution in [3.8, 4) is 11.4 Å². The summed E-state index contributed by atoms with van der Waals surface area (Å²) in [6, 6.07) is 5.11. The number of hydrogen-bond donors (Lipinski definition) is 1. The fourth-order valence-corrected chi connectivity index (χ4v) is 2.54. The lowest BCUT2D eigenvalue weighted by Gasteiger charge is -2.24. The summed E-state index contributed by atoms with van der Waals surface area (Å²) in [7, 11) is 0. The molecule has 0 spiro atoms. The summed E-state index contributed by atoms with van der Waals surface area (Å²) in [5.74, 6) is -0.394. The molecular formula is C15H18F3N5O2S. The summed E-state index contributed by atoms with van der Waals surface area (Å²) >= 11 is 1.13. The molecule has 142 valence electrons. The molecule has 0 radical (unpaired) electrons.